The number of aliphatic carboxylic acids is 1. The molecule has 0 unspecified atom stereocenters. The van der Waals surface area contributed by atoms with E-state index in [0.717, 1.165) is 0 Å². The molecule has 0 bridgehead atoms. The summed E-state index contributed by atoms with van der Waals surface area (Å²) in [7, 11) is 0. The minimum absolute atomic E-state index is 0.0104. The third-order valence-corrected chi connectivity index (χ3v) is 3.03. The van der Waals surface area contributed by atoms with Gasteiger partial charge in [-0.2, -0.15) is 0 Å². The lowest BCUT2D eigenvalue weighted by atomic mass is 9.89. The summed E-state index contributed by atoms with van der Waals surface area (Å²) in [5, 5.41) is 17.3. The van der Waals surface area contributed by atoms with Crippen molar-refractivity contribution in [3.8, 4) is 0 Å². The van der Waals surface area contributed by atoms with Gasteiger partial charge in [0.2, 0.25) is 0 Å². The zero-order valence-corrected chi connectivity index (χ0v) is 9.26. The molecule has 1 saturated carbocycles. The molecule has 0 heterocycles. The Hall–Kier alpha value is -1.16. The average molecular weight is 226 g/mol. The van der Waals surface area contributed by atoms with Gasteiger partial charge in [-0.1, -0.05) is 12.2 Å². The monoisotopic (exact) mass is 226 g/mol. The van der Waals surface area contributed by atoms with Gasteiger partial charge in [0.05, 0.1) is 0 Å². The lowest BCUT2D eigenvalue weighted by Gasteiger charge is -2.14. The summed E-state index contributed by atoms with van der Waals surface area (Å²) in [5.74, 6) is -0.793. The van der Waals surface area contributed by atoms with Gasteiger partial charge in [0.1, 0.15) is 5.78 Å². The summed E-state index contributed by atoms with van der Waals surface area (Å²) in [6.07, 6.45) is 6.20. The van der Waals surface area contributed by atoms with E-state index in [2.05, 4.69) is 0 Å². The van der Waals surface area contributed by atoms with Crippen molar-refractivity contribution >= 4 is 11.8 Å². The number of carboxylic acid groups (broad SMARTS) is 1. The number of ketones is 1. The van der Waals surface area contributed by atoms with Gasteiger partial charge in [-0.15, -0.1) is 0 Å². The number of hydrogen-bond donors (Lipinski definition) is 2. The molecule has 0 amide bonds. The second-order valence-corrected chi connectivity index (χ2v) is 4.19. The SMILES string of the molecule is O=C(O)C[C@@H]1CCC(=O)[C@H]1C/C=C\CCO. The summed E-state index contributed by atoms with van der Waals surface area (Å²) in [6.45, 7) is 0.105. The number of rotatable bonds is 6. The molecule has 0 saturated heterocycles. The zero-order chi connectivity index (χ0) is 12.0. The van der Waals surface area contributed by atoms with Crippen molar-refractivity contribution in [2.24, 2.45) is 11.8 Å². The molecule has 16 heavy (non-hydrogen) atoms. The van der Waals surface area contributed by atoms with Gasteiger partial charge >= 0.3 is 5.97 Å². The summed E-state index contributed by atoms with van der Waals surface area (Å²) < 4.78 is 0. The molecule has 4 nitrogen and oxygen atoms in total. The van der Waals surface area contributed by atoms with E-state index in [0.29, 0.717) is 25.7 Å². The molecule has 0 aromatic carbocycles. The molecule has 2 atom stereocenters. The largest absolute Gasteiger partial charge is 0.481 e. The quantitative estimate of drug-likeness (QED) is 0.671. The maximum absolute atomic E-state index is 11.6. The van der Waals surface area contributed by atoms with Gasteiger partial charge in [0.15, 0.2) is 0 Å². The maximum Gasteiger partial charge on any atom is 0.303 e. The number of aliphatic hydroxyl groups excluding tert-OH is 1. The van der Waals surface area contributed by atoms with Crippen LogP contribution in [-0.2, 0) is 9.59 Å². The number of carboxylic acids is 1. The normalized spacial score (nSPS) is 25.4. The molecule has 1 aliphatic carbocycles. The molecule has 0 aliphatic heterocycles. The van der Waals surface area contributed by atoms with Crippen LogP contribution in [0.1, 0.15) is 32.1 Å². The third-order valence-electron chi connectivity index (χ3n) is 3.03. The van der Waals surface area contributed by atoms with E-state index < -0.39 is 5.97 Å². The fourth-order valence-corrected chi connectivity index (χ4v) is 2.20. The first kappa shape index (κ1) is 12.9. The summed E-state index contributed by atoms with van der Waals surface area (Å²) >= 11 is 0. The first-order valence-corrected chi connectivity index (χ1v) is 5.65. The Morgan fingerprint density at radius 3 is 2.81 bits per heavy atom. The molecule has 4 heteroatoms. The van der Waals surface area contributed by atoms with Crippen molar-refractivity contribution in [3.63, 3.8) is 0 Å². The van der Waals surface area contributed by atoms with E-state index in [4.69, 9.17) is 10.2 Å². The van der Waals surface area contributed by atoms with Crippen LogP contribution in [0.2, 0.25) is 0 Å². The molecule has 0 aromatic rings. The van der Waals surface area contributed by atoms with Crippen molar-refractivity contribution < 1.29 is 19.8 Å². The van der Waals surface area contributed by atoms with Crippen LogP contribution in [0.4, 0.5) is 0 Å². The first-order chi connectivity index (χ1) is 7.65. The van der Waals surface area contributed by atoms with Crippen molar-refractivity contribution in [2.45, 2.75) is 32.1 Å². The van der Waals surface area contributed by atoms with E-state index in [9.17, 15) is 9.59 Å². The van der Waals surface area contributed by atoms with Gasteiger partial charge in [0, 0.05) is 25.4 Å². The molecule has 1 rings (SSSR count). The van der Waals surface area contributed by atoms with Gasteiger partial charge in [-0.05, 0) is 25.2 Å². The zero-order valence-electron chi connectivity index (χ0n) is 9.26. The molecular formula is C12H18O4. The van der Waals surface area contributed by atoms with Crippen molar-refractivity contribution in [2.75, 3.05) is 6.61 Å². The second-order valence-electron chi connectivity index (χ2n) is 4.19. The van der Waals surface area contributed by atoms with E-state index in [1.165, 1.54) is 0 Å². The minimum Gasteiger partial charge on any atom is -0.481 e. The van der Waals surface area contributed by atoms with Gasteiger partial charge < -0.3 is 10.2 Å². The average Bonchev–Trinajstić information content (AvgIpc) is 2.55. The van der Waals surface area contributed by atoms with Crippen LogP contribution in [0.3, 0.4) is 0 Å². The Bertz CT molecular complexity index is 283. The van der Waals surface area contributed by atoms with E-state index in [1.807, 2.05) is 12.2 Å². The fourth-order valence-electron chi connectivity index (χ4n) is 2.20. The van der Waals surface area contributed by atoms with E-state index in [-0.39, 0.29) is 30.6 Å². The summed E-state index contributed by atoms with van der Waals surface area (Å²) in [4.78, 5) is 22.2. The summed E-state index contributed by atoms with van der Waals surface area (Å²) in [6, 6.07) is 0. The van der Waals surface area contributed by atoms with Crippen LogP contribution in [0.25, 0.3) is 0 Å². The lowest BCUT2D eigenvalue weighted by molar-refractivity contribution is -0.138. The molecule has 1 aliphatic rings. The predicted octanol–water partition coefficient (Wildman–Crippen LogP) is 1.39. The number of Topliss-reactive ketones (excluding diaryl/α,β-unsaturated/α-hetero) is 1. The first-order valence-electron chi connectivity index (χ1n) is 5.65. The topological polar surface area (TPSA) is 74.6 Å². The number of allylic oxidation sites excluding steroid dienone is 1. The van der Waals surface area contributed by atoms with E-state index >= 15 is 0 Å². The lowest BCUT2D eigenvalue weighted by Crippen LogP contribution is -2.17. The molecule has 1 fully saturated rings. The fraction of sp³-hybridized carbons (Fsp3) is 0.667. The van der Waals surface area contributed by atoms with Crippen molar-refractivity contribution in [3.05, 3.63) is 12.2 Å². The molecular weight excluding hydrogens is 208 g/mol. The maximum atomic E-state index is 11.6. The van der Waals surface area contributed by atoms with Crippen LogP contribution < -0.4 is 0 Å². The number of carbonyl (C=O) groups is 2. The Labute approximate surface area is 95.0 Å². The van der Waals surface area contributed by atoms with Gasteiger partial charge in [-0.3, -0.25) is 9.59 Å². The molecule has 0 radical (unpaired) electrons. The van der Waals surface area contributed by atoms with Gasteiger partial charge in [0.25, 0.3) is 0 Å². The summed E-state index contributed by atoms with van der Waals surface area (Å²) in [5.41, 5.74) is 0. The number of hydrogen-bond acceptors (Lipinski definition) is 3. The Morgan fingerprint density at radius 1 is 1.44 bits per heavy atom. The molecule has 0 spiro atoms. The third kappa shape index (κ3) is 3.77. The second kappa shape index (κ2) is 6.43. The predicted molar refractivity (Wildman–Crippen MR) is 58.9 cm³/mol. The van der Waals surface area contributed by atoms with Gasteiger partial charge in [-0.25, -0.2) is 0 Å². The highest BCUT2D eigenvalue weighted by Crippen LogP contribution is 2.33. The van der Waals surface area contributed by atoms with Crippen LogP contribution in [0.5, 0.6) is 0 Å². The Morgan fingerprint density at radius 2 is 2.19 bits per heavy atom. The molecule has 90 valence electrons. The van der Waals surface area contributed by atoms with Crippen LogP contribution in [-0.4, -0.2) is 28.6 Å². The van der Waals surface area contributed by atoms with Crippen molar-refractivity contribution in [1.29, 1.82) is 0 Å². The highest BCUT2D eigenvalue weighted by atomic mass is 16.4. The molecule has 0 aromatic heterocycles. The molecule has 2 N–H and O–H groups in total. The highest BCUT2D eigenvalue weighted by Gasteiger charge is 2.34. The van der Waals surface area contributed by atoms with Crippen molar-refractivity contribution in [1.82, 2.24) is 0 Å². The highest BCUT2D eigenvalue weighted by molar-refractivity contribution is 5.84. The smallest absolute Gasteiger partial charge is 0.303 e. The van der Waals surface area contributed by atoms with Crippen LogP contribution >= 0.6 is 0 Å². The number of aliphatic hydroxyl groups is 1. The minimum atomic E-state index is -0.830. The van der Waals surface area contributed by atoms with E-state index in [1.54, 1.807) is 0 Å². The number of carbonyl (C=O) groups excluding carboxylic acids is 1. The standard InChI is InChI=1S/C12H18O4/c13-7-3-1-2-4-10-9(8-12(15)16)5-6-11(10)14/h1-2,9-10,13H,3-8H2,(H,15,16)/b2-1-/t9-,10-/m0/s1. The Balaban J connectivity index is 2.46. The van der Waals surface area contributed by atoms with Crippen LogP contribution in [0, 0.1) is 11.8 Å². The Kier molecular flexibility index (Phi) is 5.19. The van der Waals surface area contributed by atoms with Crippen LogP contribution in [0.15, 0.2) is 12.2 Å².